The van der Waals surface area contributed by atoms with Gasteiger partial charge in [0.25, 0.3) is 0 Å². The maximum absolute atomic E-state index is 12.2. The van der Waals surface area contributed by atoms with E-state index in [-0.39, 0.29) is 11.9 Å². The molecule has 136 valence electrons. The molecule has 1 aromatic rings. The predicted octanol–water partition coefficient (Wildman–Crippen LogP) is 1.34. The number of urea groups is 1. The summed E-state index contributed by atoms with van der Waals surface area (Å²) in [4.78, 5) is 27.9. The fourth-order valence-corrected chi connectivity index (χ4v) is 2.96. The van der Waals surface area contributed by atoms with E-state index in [1.807, 2.05) is 24.3 Å². The Hall–Kier alpha value is -2.28. The minimum Gasteiger partial charge on any atom is -0.378 e. The summed E-state index contributed by atoms with van der Waals surface area (Å²) in [6, 6.07) is 8.06. The summed E-state index contributed by atoms with van der Waals surface area (Å²) in [5.41, 5.74) is 1.91. The quantitative estimate of drug-likeness (QED) is 0.815. The third-order valence-corrected chi connectivity index (χ3v) is 4.44. The summed E-state index contributed by atoms with van der Waals surface area (Å²) in [6.45, 7) is 5.41. The second kappa shape index (κ2) is 8.20. The van der Waals surface area contributed by atoms with Gasteiger partial charge >= 0.3 is 6.03 Å². The Morgan fingerprint density at radius 3 is 2.64 bits per heavy atom. The van der Waals surface area contributed by atoms with Gasteiger partial charge in [-0.25, -0.2) is 4.79 Å². The summed E-state index contributed by atoms with van der Waals surface area (Å²) in [5, 5.41) is 5.71. The Morgan fingerprint density at radius 1 is 1.24 bits per heavy atom. The number of rotatable bonds is 6. The Morgan fingerprint density at radius 2 is 1.96 bits per heavy atom. The number of carbonyl (C=O) groups excluding carboxylic acids is 2. The molecule has 1 saturated carbocycles. The number of hydrogen-bond acceptors (Lipinski definition) is 4. The molecule has 2 aliphatic rings. The first kappa shape index (κ1) is 17.5. The van der Waals surface area contributed by atoms with Crippen molar-refractivity contribution in [1.82, 2.24) is 10.6 Å². The first-order chi connectivity index (χ1) is 12.1. The SMILES string of the molecule is CC(=O)N(CCNC(=O)NC1CC1)c1ccccc1N1CCOCC1. The van der Waals surface area contributed by atoms with E-state index in [1.54, 1.807) is 11.8 Å². The van der Waals surface area contributed by atoms with Crippen LogP contribution in [0.25, 0.3) is 0 Å². The Kier molecular flexibility index (Phi) is 5.75. The number of ether oxygens (including phenoxy) is 1. The van der Waals surface area contributed by atoms with Gasteiger partial charge in [-0.05, 0) is 25.0 Å². The number of carbonyl (C=O) groups is 2. The van der Waals surface area contributed by atoms with E-state index in [1.165, 1.54) is 0 Å². The number of nitrogens with one attached hydrogen (secondary N) is 2. The van der Waals surface area contributed by atoms with E-state index < -0.39 is 0 Å². The van der Waals surface area contributed by atoms with Crippen LogP contribution in [0.4, 0.5) is 16.2 Å². The van der Waals surface area contributed by atoms with Gasteiger partial charge in [-0.3, -0.25) is 4.79 Å². The van der Waals surface area contributed by atoms with Crippen molar-refractivity contribution in [3.8, 4) is 0 Å². The minimum absolute atomic E-state index is 0.0369. The van der Waals surface area contributed by atoms with Crippen LogP contribution < -0.4 is 20.4 Å². The van der Waals surface area contributed by atoms with Crippen LogP contribution in [0.1, 0.15) is 19.8 Å². The molecule has 2 N–H and O–H groups in total. The molecule has 0 radical (unpaired) electrons. The number of anilines is 2. The van der Waals surface area contributed by atoms with Gasteiger partial charge in [0.15, 0.2) is 0 Å². The largest absolute Gasteiger partial charge is 0.378 e. The van der Waals surface area contributed by atoms with Crippen LogP contribution in [0, 0.1) is 0 Å². The third-order valence-electron chi connectivity index (χ3n) is 4.44. The van der Waals surface area contributed by atoms with Crippen LogP contribution in [0.15, 0.2) is 24.3 Å². The first-order valence-electron chi connectivity index (χ1n) is 8.89. The topological polar surface area (TPSA) is 73.9 Å². The molecular weight excluding hydrogens is 320 g/mol. The summed E-state index contributed by atoms with van der Waals surface area (Å²) in [5.74, 6) is -0.0369. The number of nitrogens with zero attached hydrogens (tertiary/aromatic N) is 2. The maximum Gasteiger partial charge on any atom is 0.315 e. The average molecular weight is 346 g/mol. The van der Waals surface area contributed by atoms with Crippen molar-refractivity contribution in [2.45, 2.75) is 25.8 Å². The van der Waals surface area contributed by atoms with Crippen molar-refractivity contribution >= 4 is 23.3 Å². The third kappa shape index (κ3) is 4.85. The lowest BCUT2D eigenvalue weighted by molar-refractivity contribution is -0.116. The number of morpholine rings is 1. The molecule has 0 atom stereocenters. The molecule has 1 heterocycles. The molecule has 0 bridgehead atoms. The molecule has 3 rings (SSSR count). The molecule has 25 heavy (non-hydrogen) atoms. The van der Waals surface area contributed by atoms with Gasteiger partial charge in [0.1, 0.15) is 0 Å². The number of benzene rings is 1. The summed E-state index contributed by atoms with van der Waals surface area (Å²) >= 11 is 0. The normalized spacial score (nSPS) is 17.1. The molecule has 1 aliphatic carbocycles. The van der Waals surface area contributed by atoms with Gasteiger partial charge in [0.2, 0.25) is 5.91 Å². The van der Waals surface area contributed by atoms with Crippen LogP contribution in [0.2, 0.25) is 0 Å². The van der Waals surface area contributed by atoms with Gasteiger partial charge < -0.3 is 25.2 Å². The molecule has 1 aliphatic heterocycles. The van der Waals surface area contributed by atoms with Crippen LogP contribution in [-0.2, 0) is 9.53 Å². The van der Waals surface area contributed by atoms with Gasteiger partial charge in [-0.2, -0.15) is 0 Å². The Balaban J connectivity index is 1.65. The minimum atomic E-state index is -0.160. The number of para-hydroxylation sites is 2. The fourth-order valence-electron chi connectivity index (χ4n) is 2.96. The lowest BCUT2D eigenvalue weighted by Crippen LogP contribution is -2.43. The second-order valence-corrected chi connectivity index (χ2v) is 6.43. The fraction of sp³-hybridized carbons (Fsp3) is 0.556. The monoisotopic (exact) mass is 346 g/mol. The zero-order valence-electron chi connectivity index (χ0n) is 14.7. The van der Waals surface area contributed by atoms with Crippen molar-refractivity contribution in [3.63, 3.8) is 0 Å². The highest BCUT2D eigenvalue weighted by atomic mass is 16.5. The first-order valence-corrected chi connectivity index (χ1v) is 8.89. The van der Waals surface area contributed by atoms with Crippen LogP contribution in [0.5, 0.6) is 0 Å². The van der Waals surface area contributed by atoms with Crippen molar-refractivity contribution in [3.05, 3.63) is 24.3 Å². The van der Waals surface area contributed by atoms with E-state index in [2.05, 4.69) is 15.5 Å². The van der Waals surface area contributed by atoms with Crippen LogP contribution in [0.3, 0.4) is 0 Å². The van der Waals surface area contributed by atoms with Crippen molar-refractivity contribution < 1.29 is 14.3 Å². The van der Waals surface area contributed by atoms with Gasteiger partial charge in [0, 0.05) is 39.1 Å². The van der Waals surface area contributed by atoms with Crippen molar-refractivity contribution in [1.29, 1.82) is 0 Å². The predicted molar refractivity (Wildman–Crippen MR) is 97.1 cm³/mol. The molecule has 7 nitrogen and oxygen atoms in total. The van der Waals surface area contributed by atoms with Crippen molar-refractivity contribution in [2.75, 3.05) is 49.2 Å². The Labute approximate surface area is 148 Å². The highest BCUT2D eigenvalue weighted by molar-refractivity contribution is 5.95. The standard InChI is InChI=1S/C18H26N4O3/c1-14(23)22(9-8-19-18(24)20-15-6-7-15)17-5-3-2-4-16(17)21-10-12-25-13-11-21/h2-5,15H,6-13H2,1H3,(H2,19,20,24). The molecule has 3 amide bonds. The average Bonchev–Trinajstić information content (AvgIpc) is 3.43. The van der Waals surface area contributed by atoms with Gasteiger partial charge in [0.05, 0.1) is 24.6 Å². The van der Waals surface area contributed by atoms with E-state index in [4.69, 9.17) is 4.74 Å². The molecular formula is C18H26N4O3. The van der Waals surface area contributed by atoms with E-state index in [0.717, 1.165) is 37.3 Å². The van der Waals surface area contributed by atoms with E-state index in [9.17, 15) is 9.59 Å². The lowest BCUT2D eigenvalue weighted by Gasteiger charge is -2.33. The molecule has 0 aromatic heterocycles. The molecule has 1 saturated heterocycles. The lowest BCUT2D eigenvalue weighted by atomic mass is 10.2. The van der Waals surface area contributed by atoms with Crippen molar-refractivity contribution in [2.24, 2.45) is 0 Å². The van der Waals surface area contributed by atoms with E-state index in [0.29, 0.717) is 32.3 Å². The van der Waals surface area contributed by atoms with Crippen LogP contribution in [-0.4, -0.2) is 57.4 Å². The maximum atomic E-state index is 12.2. The number of amides is 3. The van der Waals surface area contributed by atoms with Gasteiger partial charge in [-0.1, -0.05) is 12.1 Å². The molecule has 0 spiro atoms. The molecule has 0 unspecified atom stereocenters. The van der Waals surface area contributed by atoms with Crippen LogP contribution >= 0.6 is 0 Å². The summed E-state index contributed by atoms with van der Waals surface area (Å²) in [7, 11) is 0. The molecule has 7 heteroatoms. The van der Waals surface area contributed by atoms with Gasteiger partial charge in [-0.15, -0.1) is 0 Å². The Bertz CT molecular complexity index is 612. The zero-order chi connectivity index (χ0) is 17.6. The summed E-state index contributed by atoms with van der Waals surface area (Å²) < 4.78 is 5.42. The zero-order valence-corrected chi connectivity index (χ0v) is 14.7. The highest BCUT2D eigenvalue weighted by Crippen LogP contribution is 2.29. The second-order valence-electron chi connectivity index (χ2n) is 6.43. The smallest absolute Gasteiger partial charge is 0.315 e. The van der Waals surface area contributed by atoms with E-state index >= 15 is 0 Å². The molecule has 2 fully saturated rings. The highest BCUT2D eigenvalue weighted by Gasteiger charge is 2.23. The number of hydrogen-bond donors (Lipinski definition) is 2. The molecule has 1 aromatic carbocycles. The summed E-state index contributed by atoms with van der Waals surface area (Å²) in [6.07, 6.45) is 2.11.